The molecule has 0 saturated carbocycles. The Kier molecular flexibility index (Phi) is 4.48. The second kappa shape index (κ2) is 6.10. The van der Waals surface area contributed by atoms with Gasteiger partial charge in [0.1, 0.15) is 5.82 Å². The molecule has 1 N–H and O–H groups in total. The van der Waals surface area contributed by atoms with Gasteiger partial charge in [0.15, 0.2) is 6.29 Å². The van der Waals surface area contributed by atoms with E-state index in [4.69, 9.17) is 9.47 Å². The van der Waals surface area contributed by atoms with Gasteiger partial charge in [0.25, 0.3) is 0 Å². The molecule has 0 amide bonds. The molecular formula is C13H17FO3. The fraction of sp³-hybridized carbons (Fsp3) is 0.538. The first-order valence-electron chi connectivity index (χ1n) is 5.92. The van der Waals surface area contributed by atoms with E-state index >= 15 is 0 Å². The highest BCUT2D eigenvalue weighted by atomic mass is 19.1. The van der Waals surface area contributed by atoms with Gasteiger partial charge in [-0.25, -0.2) is 4.39 Å². The van der Waals surface area contributed by atoms with E-state index in [0.29, 0.717) is 12.8 Å². The molecule has 3 nitrogen and oxygen atoms in total. The summed E-state index contributed by atoms with van der Waals surface area (Å²) in [6.45, 7) is 1.44. The van der Waals surface area contributed by atoms with E-state index in [9.17, 15) is 9.50 Å². The van der Waals surface area contributed by atoms with E-state index in [1.54, 1.807) is 12.1 Å². The minimum atomic E-state index is -0.593. The van der Waals surface area contributed by atoms with Crippen LogP contribution in [0.15, 0.2) is 24.3 Å². The average molecular weight is 240 g/mol. The molecule has 1 aromatic carbocycles. The van der Waals surface area contributed by atoms with Crippen molar-refractivity contribution in [2.45, 2.75) is 31.7 Å². The fourth-order valence-corrected chi connectivity index (χ4v) is 1.85. The summed E-state index contributed by atoms with van der Waals surface area (Å²) in [6, 6.07) is 5.91. The summed E-state index contributed by atoms with van der Waals surface area (Å²) in [5.41, 5.74) is 0.724. The molecule has 1 atom stereocenters. The lowest BCUT2D eigenvalue weighted by Crippen LogP contribution is -2.25. The molecule has 1 aliphatic rings. The van der Waals surface area contributed by atoms with E-state index in [1.807, 2.05) is 0 Å². The van der Waals surface area contributed by atoms with Crippen molar-refractivity contribution in [1.82, 2.24) is 0 Å². The molecule has 1 fully saturated rings. The van der Waals surface area contributed by atoms with Crippen LogP contribution < -0.4 is 0 Å². The van der Waals surface area contributed by atoms with Gasteiger partial charge in [-0.15, -0.1) is 0 Å². The van der Waals surface area contributed by atoms with E-state index in [-0.39, 0.29) is 12.1 Å². The molecule has 2 rings (SSSR count). The molecule has 0 aliphatic carbocycles. The first-order chi connectivity index (χ1) is 8.25. The van der Waals surface area contributed by atoms with Crippen LogP contribution in [0.1, 0.15) is 30.9 Å². The number of aliphatic hydroxyl groups excluding tert-OH is 1. The molecule has 1 heterocycles. The van der Waals surface area contributed by atoms with E-state index in [2.05, 4.69) is 0 Å². The molecule has 1 aromatic rings. The SMILES string of the molecule is O[C@@H](CCC1OCCCO1)c1ccc(F)cc1. The third-order valence-corrected chi connectivity index (χ3v) is 2.83. The fourth-order valence-electron chi connectivity index (χ4n) is 1.85. The lowest BCUT2D eigenvalue weighted by atomic mass is 10.0. The Morgan fingerprint density at radius 2 is 1.88 bits per heavy atom. The summed E-state index contributed by atoms with van der Waals surface area (Å²) in [5.74, 6) is -0.292. The standard InChI is InChI=1S/C13H17FO3/c14-11-4-2-10(3-5-11)12(15)6-7-13-16-8-1-9-17-13/h2-5,12-13,15H,1,6-9H2/t12-/m0/s1. The van der Waals surface area contributed by atoms with Crippen LogP contribution in [0.5, 0.6) is 0 Å². The van der Waals surface area contributed by atoms with Gasteiger partial charge >= 0.3 is 0 Å². The van der Waals surface area contributed by atoms with Crippen molar-refractivity contribution in [2.24, 2.45) is 0 Å². The second-order valence-electron chi connectivity index (χ2n) is 4.17. The molecule has 94 valence electrons. The number of halogens is 1. The van der Waals surface area contributed by atoms with Crippen LogP contribution in [0.2, 0.25) is 0 Å². The highest BCUT2D eigenvalue weighted by Crippen LogP contribution is 2.21. The maximum Gasteiger partial charge on any atom is 0.157 e. The van der Waals surface area contributed by atoms with Crippen LogP contribution in [-0.4, -0.2) is 24.6 Å². The first kappa shape index (κ1) is 12.5. The predicted molar refractivity (Wildman–Crippen MR) is 60.9 cm³/mol. The Morgan fingerprint density at radius 1 is 1.24 bits per heavy atom. The molecule has 0 bridgehead atoms. The maximum absolute atomic E-state index is 12.7. The summed E-state index contributed by atoms with van der Waals surface area (Å²) in [5, 5.41) is 9.91. The molecule has 0 unspecified atom stereocenters. The summed E-state index contributed by atoms with van der Waals surface area (Å²) >= 11 is 0. The van der Waals surface area contributed by atoms with E-state index in [0.717, 1.165) is 25.2 Å². The van der Waals surface area contributed by atoms with Crippen molar-refractivity contribution < 1.29 is 19.0 Å². The van der Waals surface area contributed by atoms with Crippen LogP contribution in [0.25, 0.3) is 0 Å². The molecule has 0 aromatic heterocycles. The Morgan fingerprint density at radius 3 is 2.53 bits per heavy atom. The Balaban J connectivity index is 1.80. The van der Waals surface area contributed by atoms with Crippen molar-refractivity contribution in [2.75, 3.05) is 13.2 Å². The van der Waals surface area contributed by atoms with Crippen molar-refractivity contribution in [1.29, 1.82) is 0 Å². The van der Waals surface area contributed by atoms with E-state index in [1.165, 1.54) is 12.1 Å². The van der Waals surface area contributed by atoms with Crippen LogP contribution >= 0.6 is 0 Å². The predicted octanol–water partition coefficient (Wildman–Crippen LogP) is 2.40. The number of benzene rings is 1. The number of hydrogen-bond donors (Lipinski definition) is 1. The summed E-state index contributed by atoms with van der Waals surface area (Å²) in [6.07, 6.45) is 1.33. The summed E-state index contributed by atoms with van der Waals surface area (Å²) in [7, 11) is 0. The minimum Gasteiger partial charge on any atom is -0.388 e. The molecule has 17 heavy (non-hydrogen) atoms. The van der Waals surface area contributed by atoms with Crippen LogP contribution in [0.3, 0.4) is 0 Å². The third kappa shape index (κ3) is 3.77. The van der Waals surface area contributed by atoms with Gasteiger partial charge in [-0.2, -0.15) is 0 Å². The van der Waals surface area contributed by atoms with Gasteiger partial charge in [-0.05, 0) is 30.5 Å². The van der Waals surface area contributed by atoms with Gasteiger partial charge in [-0.1, -0.05) is 12.1 Å². The van der Waals surface area contributed by atoms with Crippen molar-refractivity contribution >= 4 is 0 Å². The van der Waals surface area contributed by atoms with Crippen LogP contribution in [0, 0.1) is 5.82 Å². The normalized spacial score (nSPS) is 19.2. The number of aliphatic hydroxyl groups is 1. The summed E-state index contributed by atoms with van der Waals surface area (Å²) < 4.78 is 23.5. The molecule has 1 aliphatic heterocycles. The van der Waals surface area contributed by atoms with E-state index < -0.39 is 6.10 Å². The van der Waals surface area contributed by atoms with Crippen molar-refractivity contribution in [3.05, 3.63) is 35.6 Å². The van der Waals surface area contributed by atoms with Crippen LogP contribution in [-0.2, 0) is 9.47 Å². The van der Waals surface area contributed by atoms with Crippen molar-refractivity contribution in [3.8, 4) is 0 Å². The molecule has 0 radical (unpaired) electrons. The highest BCUT2D eigenvalue weighted by molar-refractivity contribution is 5.18. The highest BCUT2D eigenvalue weighted by Gasteiger charge is 2.16. The lowest BCUT2D eigenvalue weighted by Gasteiger charge is -2.24. The third-order valence-electron chi connectivity index (χ3n) is 2.83. The zero-order valence-corrected chi connectivity index (χ0v) is 9.64. The topological polar surface area (TPSA) is 38.7 Å². The zero-order valence-electron chi connectivity index (χ0n) is 9.64. The smallest absolute Gasteiger partial charge is 0.157 e. The van der Waals surface area contributed by atoms with Gasteiger partial charge in [0, 0.05) is 6.42 Å². The molecular weight excluding hydrogens is 223 g/mol. The number of ether oxygens (including phenoxy) is 2. The number of hydrogen-bond acceptors (Lipinski definition) is 3. The molecule has 0 spiro atoms. The van der Waals surface area contributed by atoms with Gasteiger partial charge in [0.2, 0.25) is 0 Å². The maximum atomic E-state index is 12.7. The number of rotatable bonds is 4. The van der Waals surface area contributed by atoms with Gasteiger partial charge < -0.3 is 14.6 Å². The second-order valence-corrected chi connectivity index (χ2v) is 4.17. The zero-order chi connectivity index (χ0) is 12.1. The van der Waals surface area contributed by atoms with Crippen LogP contribution in [0.4, 0.5) is 4.39 Å². The molecule has 1 saturated heterocycles. The van der Waals surface area contributed by atoms with Crippen molar-refractivity contribution in [3.63, 3.8) is 0 Å². The van der Waals surface area contributed by atoms with Gasteiger partial charge in [-0.3, -0.25) is 0 Å². The van der Waals surface area contributed by atoms with Gasteiger partial charge in [0.05, 0.1) is 19.3 Å². The minimum absolute atomic E-state index is 0.209. The average Bonchev–Trinajstić information content (AvgIpc) is 2.38. The Hall–Kier alpha value is -0.970. The largest absolute Gasteiger partial charge is 0.388 e. The molecule has 4 heteroatoms. The first-order valence-corrected chi connectivity index (χ1v) is 5.92. The Bertz CT molecular complexity index is 333. The Labute approximate surface area is 100 Å². The quantitative estimate of drug-likeness (QED) is 0.878. The monoisotopic (exact) mass is 240 g/mol. The summed E-state index contributed by atoms with van der Waals surface area (Å²) in [4.78, 5) is 0. The lowest BCUT2D eigenvalue weighted by molar-refractivity contribution is -0.183.